The SMILES string of the molecule is COc1ccccc1C(=O)Nc1cccc(Cl)n1. The van der Waals surface area contributed by atoms with E-state index in [0.29, 0.717) is 22.3 Å². The van der Waals surface area contributed by atoms with Crippen molar-refractivity contribution in [2.45, 2.75) is 0 Å². The molecule has 5 heteroatoms. The molecule has 2 aromatic rings. The van der Waals surface area contributed by atoms with Crippen LogP contribution in [0.1, 0.15) is 10.4 Å². The van der Waals surface area contributed by atoms with E-state index in [0.717, 1.165) is 0 Å². The number of para-hydroxylation sites is 1. The van der Waals surface area contributed by atoms with Gasteiger partial charge >= 0.3 is 0 Å². The average Bonchev–Trinajstić information content (AvgIpc) is 2.38. The molecule has 0 aliphatic heterocycles. The van der Waals surface area contributed by atoms with E-state index in [9.17, 15) is 4.79 Å². The lowest BCUT2D eigenvalue weighted by Gasteiger charge is -2.08. The maximum Gasteiger partial charge on any atom is 0.260 e. The molecule has 0 atom stereocenters. The topological polar surface area (TPSA) is 51.2 Å². The number of pyridine rings is 1. The number of methoxy groups -OCH3 is 1. The molecule has 0 saturated carbocycles. The zero-order chi connectivity index (χ0) is 13.0. The van der Waals surface area contributed by atoms with E-state index >= 15 is 0 Å². The number of hydrogen-bond acceptors (Lipinski definition) is 3. The molecular weight excluding hydrogens is 252 g/mol. The van der Waals surface area contributed by atoms with Crippen molar-refractivity contribution in [1.29, 1.82) is 0 Å². The van der Waals surface area contributed by atoms with Crippen LogP contribution >= 0.6 is 11.6 Å². The van der Waals surface area contributed by atoms with Gasteiger partial charge in [0.1, 0.15) is 16.7 Å². The number of hydrogen-bond donors (Lipinski definition) is 1. The summed E-state index contributed by atoms with van der Waals surface area (Å²) in [5.41, 5.74) is 0.446. The van der Waals surface area contributed by atoms with Gasteiger partial charge in [-0.2, -0.15) is 0 Å². The fraction of sp³-hybridized carbons (Fsp3) is 0.0769. The molecule has 2 rings (SSSR count). The Morgan fingerprint density at radius 3 is 2.72 bits per heavy atom. The fourth-order valence-electron chi connectivity index (χ4n) is 1.49. The molecule has 1 heterocycles. The van der Waals surface area contributed by atoms with Crippen molar-refractivity contribution < 1.29 is 9.53 Å². The molecule has 0 fully saturated rings. The molecule has 1 N–H and O–H groups in total. The van der Waals surface area contributed by atoms with E-state index in [1.807, 2.05) is 0 Å². The Kier molecular flexibility index (Phi) is 3.79. The summed E-state index contributed by atoms with van der Waals surface area (Å²) < 4.78 is 5.12. The van der Waals surface area contributed by atoms with Crippen LogP contribution in [-0.4, -0.2) is 18.0 Å². The van der Waals surface area contributed by atoms with E-state index in [4.69, 9.17) is 16.3 Å². The van der Waals surface area contributed by atoms with Crippen LogP contribution in [0.15, 0.2) is 42.5 Å². The Hall–Kier alpha value is -2.07. The van der Waals surface area contributed by atoms with Crippen LogP contribution in [0.2, 0.25) is 5.15 Å². The number of benzene rings is 1. The highest BCUT2D eigenvalue weighted by molar-refractivity contribution is 6.29. The second-order valence-corrected chi connectivity index (χ2v) is 3.89. The molecule has 0 aliphatic rings. The summed E-state index contributed by atoms with van der Waals surface area (Å²) in [6.07, 6.45) is 0. The van der Waals surface area contributed by atoms with E-state index in [-0.39, 0.29) is 5.91 Å². The zero-order valence-electron chi connectivity index (χ0n) is 9.68. The van der Waals surface area contributed by atoms with Crippen molar-refractivity contribution in [3.63, 3.8) is 0 Å². The lowest BCUT2D eigenvalue weighted by atomic mass is 10.2. The Morgan fingerprint density at radius 1 is 1.22 bits per heavy atom. The molecule has 0 unspecified atom stereocenters. The molecule has 18 heavy (non-hydrogen) atoms. The third-order valence-electron chi connectivity index (χ3n) is 2.31. The molecule has 92 valence electrons. The van der Waals surface area contributed by atoms with Crippen molar-refractivity contribution in [2.75, 3.05) is 12.4 Å². The third kappa shape index (κ3) is 2.78. The lowest BCUT2D eigenvalue weighted by molar-refractivity contribution is 0.102. The Morgan fingerprint density at radius 2 is 2.00 bits per heavy atom. The van der Waals surface area contributed by atoms with Crippen molar-refractivity contribution in [1.82, 2.24) is 4.98 Å². The van der Waals surface area contributed by atoms with E-state index in [2.05, 4.69) is 10.3 Å². The third-order valence-corrected chi connectivity index (χ3v) is 2.52. The average molecular weight is 263 g/mol. The maximum absolute atomic E-state index is 12.0. The number of halogens is 1. The minimum absolute atomic E-state index is 0.290. The van der Waals surface area contributed by atoms with Gasteiger partial charge in [0.05, 0.1) is 12.7 Å². The second-order valence-electron chi connectivity index (χ2n) is 3.50. The van der Waals surface area contributed by atoms with E-state index < -0.39 is 0 Å². The van der Waals surface area contributed by atoms with Gasteiger partial charge in [0, 0.05) is 0 Å². The number of carbonyl (C=O) groups is 1. The summed E-state index contributed by atoms with van der Waals surface area (Å²) in [6, 6.07) is 12.0. The van der Waals surface area contributed by atoms with Crippen molar-refractivity contribution in [3.8, 4) is 5.75 Å². The monoisotopic (exact) mass is 262 g/mol. The van der Waals surface area contributed by atoms with Gasteiger partial charge in [-0.05, 0) is 24.3 Å². The highest BCUT2D eigenvalue weighted by Gasteiger charge is 2.11. The van der Waals surface area contributed by atoms with Crippen LogP contribution in [0.4, 0.5) is 5.82 Å². The molecule has 1 amide bonds. The number of anilines is 1. The molecule has 1 aromatic carbocycles. The van der Waals surface area contributed by atoms with Crippen molar-refractivity contribution >= 4 is 23.3 Å². The van der Waals surface area contributed by atoms with Crippen LogP contribution < -0.4 is 10.1 Å². The van der Waals surface area contributed by atoms with Crippen LogP contribution in [0, 0.1) is 0 Å². The summed E-state index contributed by atoms with van der Waals surface area (Å²) in [6.45, 7) is 0. The number of nitrogens with zero attached hydrogens (tertiary/aromatic N) is 1. The van der Waals surface area contributed by atoms with Crippen LogP contribution in [0.25, 0.3) is 0 Å². The normalized spacial score (nSPS) is 9.89. The standard InChI is InChI=1S/C13H11ClN2O2/c1-18-10-6-3-2-5-9(10)13(17)16-12-8-4-7-11(14)15-12/h2-8H,1H3,(H,15,16,17). The minimum atomic E-state index is -0.290. The number of aromatic nitrogens is 1. The number of rotatable bonds is 3. The predicted molar refractivity (Wildman–Crippen MR) is 70.2 cm³/mol. The second kappa shape index (κ2) is 5.51. The van der Waals surface area contributed by atoms with E-state index in [1.54, 1.807) is 42.5 Å². The summed E-state index contributed by atoms with van der Waals surface area (Å²) >= 11 is 5.75. The summed E-state index contributed by atoms with van der Waals surface area (Å²) in [5, 5.41) is 2.99. The van der Waals surface area contributed by atoms with Crippen LogP contribution in [0.3, 0.4) is 0 Å². The molecular formula is C13H11ClN2O2. The fourth-order valence-corrected chi connectivity index (χ4v) is 1.66. The highest BCUT2D eigenvalue weighted by atomic mass is 35.5. The first kappa shape index (κ1) is 12.4. The van der Waals surface area contributed by atoms with Gasteiger partial charge in [-0.3, -0.25) is 4.79 Å². The summed E-state index contributed by atoms with van der Waals surface area (Å²) in [5.74, 6) is 0.623. The molecule has 0 bridgehead atoms. The van der Waals surface area contributed by atoms with Gasteiger partial charge in [0.2, 0.25) is 0 Å². The molecule has 0 radical (unpaired) electrons. The summed E-state index contributed by atoms with van der Waals surface area (Å²) in [7, 11) is 1.52. The Labute approximate surface area is 110 Å². The highest BCUT2D eigenvalue weighted by Crippen LogP contribution is 2.19. The van der Waals surface area contributed by atoms with Crippen LogP contribution in [0.5, 0.6) is 5.75 Å². The predicted octanol–water partition coefficient (Wildman–Crippen LogP) is 3.00. The van der Waals surface area contributed by atoms with Crippen LogP contribution in [-0.2, 0) is 0 Å². The van der Waals surface area contributed by atoms with Gasteiger partial charge in [0.25, 0.3) is 5.91 Å². The Balaban J connectivity index is 2.22. The minimum Gasteiger partial charge on any atom is -0.496 e. The quantitative estimate of drug-likeness (QED) is 0.865. The lowest BCUT2D eigenvalue weighted by Crippen LogP contribution is -2.14. The van der Waals surface area contributed by atoms with Crippen molar-refractivity contribution in [2.24, 2.45) is 0 Å². The van der Waals surface area contributed by atoms with Gasteiger partial charge in [0.15, 0.2) is 0 Å². The number of amides is 1. The van der Waals surface area contributed by atoms with E-state index in [1.165, 1.54) is 7.11 Å². The molecule has 0 aliphatic carbocycles. The largest absolute Gasteiger partial charge is 0.496 e. The van der Waals surface area contributed by atoms with Gasteiger partial charge in [-0.15, -0.1) is 0 Å². The molecule has 0 saturated heterocycles. The zero-order valence-corrected chi connectivity index (χ0v) is 10.4. The van der Waals surface area contributed by atoms with Crippen molar-refractivity contribution in [3.05, 3.63) is 53.2 Å². The number of ether oxygens (including phenoxy) is 1. The molecule has 0 spiro atoms. The summed E-state index contributed by atoms with van der Waals surface area (Å²) in [4.78, 5) is 16.0. The van der Waals surface area contributed by atoms with Gasteiger partial charge in [-0.25, -0.2) is 4.98 Å². The molecule has 4 nitrogen and oxygen atoms in total. The smallest absolute Gasteiger partial charge is 0.260 e. The first-order valence-electron chi connectivity index (χ1n) is 5.27. The first-order valence-corrected chi connectivity index (χ1v) is 5.65. The maximum atomic E-state index is 12.0. The van der Waals surface area contributed by atoms with Gasteiger partial charge in [-0.1, -0.05) is 29.8 Å². The number of carbonyl (C=O) groups excluding carboxylic acids is 1. The molecule has 1 aromatic heterocycles. The Bertz CT molecular complexity index is 572. The number of nitrogens with one attached hydrogen (secondary N) is 1. The first-order chi connectivity index (χ1) is 8.70. The van der Waals surface area contributed by atoms with Gasteiger partial charge < -0.3 is 10.1 Å².